The Bertz CT molecular complexity index is 940. The zero-order chi connectivity index (χ0) is 19.9. The topological polar surface area (TPSA) is 58.1 Å². The average molecular weight is 374 g/mol. The number of hydrogen-bond donors (Lipinski definition) is 1. The van der Waals surface area contributed by atoms with E-state index in [0.717, 1.165) is 29.9 Å². The number of rotatable bonds is 7. The van der Waals surface area contributed by atoms with Gasteiger partial charge < -0.3 is 10.2 Å². The summed E-state index contributed by atoms with van der Waals surface area (Å²) in [4.78, 5) is 24.0. The quantitative estimate of drug-likeness (QED) is 0.655. The number of carbonyl (C=O) groups is 1. The molecule has 2 aromatic carbocycles. The number of aryl methyl sites for hydroxylation is 2. The van der Waals surface area contributed by atoms with Crippen LogP contribution in [0.1, 0.15) is 41.2 Å². The lowest BCUT2D eigenvalue weighted by atomic mass is 10.1. The minimum atomic E-state index is -0.219. The maximum Gasteiger partial charge on any atom is 0.274 e. The molecule has 0 aliphatic carbocycles. The summed E-state index contributed by atoms with van der Waals surface area (Å²) in [6, 6.07) is 19.7. The zero-order valence-corrected chi connectivity index (χ0v) is 16.6. The summed E-state index contributed by atoms with van der Waals surface area (Å²) in [6.07, 6.45) is 0.852. The number of nitrogens with one attached hydrogen (secondary N) is 1. The number of aromatic nitrogens is 2. The van der Waals surface area contributed by atoms with Crippen LogP contribution >= 0.6 is 0 Å². The summed E-state index contributed by atoms with van der Waals surface area (Å²) in [5, 5.41) is 2.99. The Kier molecular flexibility index (Phi) is 6.37. The van der Waals surface area contributed by atoms with Crippen molar-refractivity contribution in [2.45, 2.75) is 33.7 Å². The smallest absolute Gasteiger partial charge is 0.274 e. The third-order valence-electron chi connectivity index (χ3n) is 4.60. The van der Waals surface area contributed by atoms with Gasteiger partial charge in [0.05, 0.1) is 0 Å². The molecule has 28 heavy (non-hydrogen) atoms. The molecular formula is C23H26N4O. The molecule has 1 N–H and O–H groups in total. The van der Waals surface area contributed by atoms with Crippen LogP contribution in [-0.2, 0) is 13.0 Å². The van der Waals surface area contributed by atoms with Crippen LogP contribution in [-0.4, -0.2) is 22.4 Å². The van der Waals surface area contributed by atoms with Gasteiger partial charge in [-0.15, -0.1) is 0 Å². The molecule has 0 unspecified atom stereocenters. The van der Waals surface area contributed by atoms with Crippen LogP contribution < -0.4 is 10.2 Å². The average Bonchev–Trinajstić information content (AvgIpc) is 2.72. The van der Waals surface area contributed by atoms with Gasteiger partial charge in [0.1, 0.15) is 5.69 Å². The molecule has 1 aromatic heterocycles. The van der Waals surface area contributed by atoms with Crippen LogP contribution in [0.15, 0.2) is 60.7 Å². The molecule has 0 bridgehead atoms. The normalized spacial score (nSPS) is 10.5. The first-order valence-electron chi connectivity index (χ1n) is 9.64. The number of anilines is 2. The Morgan fingerprint density at radius 1 is 1.00 bits per heavy atom. The molecule has 5 nitrogen and oxygen atoms in total. The number of carbonyl (C=O) groups excluding carboxylic acids is 1. The fourth-order valence-corrected chi connectivity index (χ4v) is 3.08. The highest BCUT2D eigenvalue weighted by atomic mass is 16.1. The fraction of sp³-hybridized carbons (Fsp3) is 0.261. The second kappa shape index (κ2) is 9.13. The summed E-state index contributed by atoms with van der Waals surface area (Å²) < 4.78 is 0. The van der Waals surface area contributed by atoms with E-state index in [4.69, 9.17) is 0 Å². The first kappa shape index (κ1) is 19.5. The molecule has 0 aliphatic rings. The lowest BCUT2D eigenvalue weighted by Crippen LogP contribution is -2.26. The van der Waals surface area contributed by atoms with Crippen molar-refractivity contribution < 1.29 is 4.79 Å². The Hall–Kier alpha value is -3.21. The van der Waals surface area contributed by atoms with Crippen molar-refractivity contribution in [3.05, 3.63) is 83.2 Å². The van der Waals surface area contributed by atoms with Gasteiger partial charge in [0, 0.05) is 24.5 Å². The number of para-hydroxylation sites is 1. The van der Waals surface area contributed by atoms with Crippen molar-refractivity contribution in [1.82, 2.24) is 9.97 Å². The Labute approximate surface area is 166 Å². The van der Waals surface area contributed by atoms with E-state index in [9.17, 15) is 4.79 Å². The van der Waals surface area contributed by atoms with E-state index in [1.54, 1.807) is 6.07 Å². The fourth-order valence-electron chi connectivity index (χ4n) is 3.08. The van der Waals surface area contributed by atoms with Crippen molar-refractivity contribution >= 4 is 17.5 Å². The van der Waals surface area contributed by atoms with Gasteiger partial charge in [-0.3, -0.25) is 4.79 Å². The largest absolute Gasteiger partial charge is 0.337 e. The van der Waals surface area contributed by atoms with Gasteiger partial charge in [0.2, 0.25) is 5.95 Å². The van der Waals surface area contributed by atoms with Crippen molar-refractivity contribution in [3.8, 4) is 0 Å². The molecule has 5 heteroatoms. The second-order valence-electron chi connectivity index (χ2n) is 6.66. The second-order valence-corrected chi connectivity index (χ2v) is 6.66. The molecule has 3 rings (SSSR count). The van der Waals surface area contributed by atoms with E-state index < -0.39 is 0 Å². The van der Waals surface area contributed by atoms with Crippen LogP contribution in [0, 0.1) is 6.92 Å². The van der Waals surface area contributed by atoms with Crippen molar-refractivity contribution in [1.29, 1.82) is 0 Å². The molecule has 0 fully saturated rings. The Balaban J connectivity index is 1.84. The van der Waals surface area contributed by atoms with E-state index in [1.165, 1.54) is 5.56 Å². The molecule has 0 atom stereocenters. The van der Waals surface area contributed by atoms with E-state index in [1.807, 2.05) is 49.4 Å². The summed E-state index contributed by atoms with van der Waals surface area (Å²) >= 11 is 0. The van der Waals surface area contributed by atoms with Gasteiger partial charge in [0.25, 0.3) is 5.91 Å². The van der Waals surface area contributed by atoms with Crippen LogP contribution in [0.25, 0.3) is 0 Å². The summed E-state index contributed by atoms with van der Waals surface area (Å²) in [6.45, 7) is 7.46. The SMILES string of the molecule is CCc1ccccc1NC(=O)c1cc(C)nc(N(CC)Cc2ccccc2)n1. The summed E-state index contributed by atoms with van der Waals surface area (Å²) in [5.41, 5.74) is 4.24. The molecule has 1 amide bonds. The maximum atomic E-state index is 12.8. The third kappa shape index (κ3) is 4.74. The van der Waals surface area contributed by atoms with E-state index >= 15 is 0 Å². The Morgan fingerprint density at radius 2 is 1.71 bits per heavy atom. The highest BCUT2D eigenvalue weighted by molar-refractivity contribution is 6.03. The number of amides is 1. The molecule has 144 valence electrons. The molecule has 0 saturated heterocycles. The van der Waals surface area contributed by atoms with Crippen LogP contribution in [0.5, 0.6) is 0 Å². The lowest BCUT2D eigenvalue weighted by molar-refractivity contribution is 0.102. The number of hydrogen-bond acceptors (Lipinski definition) is 4. The van der Waals surface area contributed by atoms with Crippen LogP contribution in [0.2, 0.25) is 0 Å². The van der Waals surface area contributed by atoms with E-state index in [2.05, 4.69) is 46.2 Å². The van der Waals surface area contributed by atoms with Gasteiger partial charge in [-0.1, -0.05) is 55.5 Å². The van der Waals surface area contributed by atoms with Crippen LogP contribution in [0.3, 0.4) is 0 Å². The van der Waals surface area contributed by atoms with Gasteiger partial charge in [-0.25, -0.2) is 9.97 Å². The van der Waals surface area contributed by atoms with Crippen molar-refractivity contribution in [2.75, 3.05) is 16.8 Å². The van der Waals surface area contributed by atoms with Gasteiger partial charge >= 0.3 is 0 Å². The summed E-state index contributed by atoms with van der Waals surface area (Å²) in [5.74, 6) is 0.351. The summed E-state index contributed by atoms with van der Waals surface area (Å²) in [7, 11) is 0. The molecule has 1 heterocycles. The van der Waals surface area contributed by atoms with Gasteiger partial charge in [-0.05, 0) is 43.5 Å². The predicted molar refractivity (Wildman–Crippen MR) is 114 cm³/mol. The highest BCUT2D eigenvalue weighted by Gasteiger charge is 2.15. The predicted octanol–water partition coefficient (Wildman–Crippen LogP) is 4.63. The first-order chi connectivity index (χ1) is 13.6. The monoisotopic (exact) mass is 374 g/mol. The molecule has 0 spiro atoms. The minimum absolute atomic E-state index is 0.219. The lowest BCUT2D eigenvalue weighted by Gasteiger charge is -2.21. The molecule has 0 saturated carbocycles. The minimum Gasteiger partial charge on any atom is -0.337 e. The van der Waals surface area contributed by atoms with E-state index in [-0.39, 0.29) is 5.91 Å². The molecular weight excluding hydrogens is 348 g/mol. The van der Waals surface area contributed by atoms with Crippen molar-refractivity contribution in [2.24, 2.45) is 0 Å². The van der Waals surface area contributed by atoms with Crippen molar-refractivity contribution in [3.63, 3.8) is 0 Å². The van der Waals surface area contributed by atoms with Gasteiger partial charge in [0.15, 0.2) is 0 Å². The number of nitrogens with zero attached hydrogens (tertiary/aromatic N) is 3. The number of benzene rings is 2. The highest BCUT2D eigenvalue weighted by Crippen LogP contribution is 2.18. The first-order valence-corrected chi connectivity index (χ1v) is 9.64. The van der Waals surface area contributed by atoms with Crippen LogP contribution in [0.4, 0.5) is 11.6 Å². The Morgan fingerprint density at radius 3 is 2.43 bits per heavy atom. The maximum absolute atomic E-state index is 12.8. The van der Waals surface area contributed by atoms with E-state index in [0.29, 0.717) is 18.2 Å². The molecule has 0 aliphatic heterocycles. The third-order valence-corrected chi connectivity index (χ3v) is 4.60. The molecule has 3 aromatic rings. The zero-order valence-electron chi connectivity index (χ0n) is 16.6. The van der Waals surface area contributed by atoms with Gasteiger partial charge in [-0.2, -0.15) is 0 Å². The standard InChI is InChI=1S/C23H26N4O/c1-4-19-13-9-10-14-20(19)25-22(28)21-15-17(3)24-23(26-21)27(5-2)16-18-11-7-6-8-12-18/h6-15H,4-5,16H2,1-3H3,(H,25,28). The molecule has 0 radical (unpaired) electrons.